The molecule has 2 aromatic carbocycles. The molecule has 0 aliphatic carbocycles. The number of hydrogen-bond donors (Lipinski definition) is 1. The van der Waals surface area contributed by atoms with Gasteiger partial charge in [-0.25, -0.2) is 4.79 Å². The standard InChI is InChI=1S/C20H25NO3/c1-23-20(22)18-7-6-17-13-19(9-8-16(17)12-18)24-11-3-5-15-4-2-10-21-14-15/h6-9,12-13,15,21H,2-5,10-11,14H2,1H3. The first kappa shape index (κ1) is 16.8. The molecule has 1 N–H and O–H groups in total. The predicted molar refractivity (Wildman–Crippen MR) is 95.6 cm³/mol. The van der Waals surface area contributed by atoms with Gasteiger partial charge in [0.25, 0.3) is 0 Å². The molecule has 4 nitrogen and oxygen atoms in total. The number of methoxy groups -OCH3 is 1. The lowest BCUT2D eigenvalue weighted by molar-refractivity contribution is 0.0601. The van der Waals surface area contributed by atoms with Crippen LogP contribution >= 0.6 is 0 Å². The number of ether oxygens (including phenoxy) is 2. The first-order valence-corrected chi connectivity index (χ1v) is 8.72. The fraction of sp³-hybridized carbons (Fsp3) is 0.450. The van der Waals surface area contributed by atoms with Gasteiger partial charge in [-0.3, -0.25) is 0 Å². The average Bonchev–Trinajstić information content (AvgIpc) is 2.65. The molecule has 0 saturated carbocycles. The summed E-state index contributed by atoms with van der Waals surface area (Å²) < 4.78 is 10.6. The molecule has 0 amide bonds. The summed E-state index contributed by atoms with van der Waals surface area (Å²) in [6.45, 7) is 3.07. The summed E-state index contributed by atoms with van der Waals surface area (Å²) >= 11 is 0. The molecule has 0 spiro atoms. The van der Waals surface area contributed by atoms with E-state index in [4.69, 9.17) is 9.47 Å². The number of esters is 1. The maximum atomic E-state index is 11.6. The number of hydrogen-bond acceptors (Lipinski definition) is 4. The lowest BCUT2D eigenvalue weighted by Crippen LogP contribution is -2.29. The third-order valence-corrected chi connectivity index (χ3v) is 4.66. The van der Waals surface area contributed by atoms with Crippen LogP contribution in [0.5, 0.6) is 5.75 Å². The first-order valence-electron chi connectivity index (χ1n) is 8.72. The highest BCUT2D eigenvalue weighted by atomic mass is 16.5. The molecule has 24 heavy (non-hydrogen) atoms. The third-order valence-electron chi connectivity index (χ3n) is 4.66. The summed E-state index contributed by atoms with van der Waals surface area (Å²) in [7, 11) is 1.40. The van der Waals surface area contributed by atoms with Crippen molar-refractivity contribution in [1.29, 1.82) is 0 Å². The molecule has 1 heterocycles. The van der Waals surface area contributed by atoms with Crippen molar-refractivity contribution in [2.24, 2.45) is 5.92 Å². The van der Waals surface area contributed by atoms with E-state index in [2.05, 4.69) is 5.32 Å². The van der Waals surface area contributed by atoms with Crippen LogP contribution in [-0.2, 0) is 4.74 Å². The molecule has 1 unspecified atom stereocenters. The predicted octanol–water partition coefficient (Wildman–Crippen LogP) is 3.79. The summed E-state index contributed by atoms with van der Waals surface area (Å²) in [6.07, 6.45) is 4.95. The monoisotopic (exact) mass is 327 g/mol. The van der Waals surface area contributed by atoms with Crippen molar-refractivity contribution in [3.05, 3.63) is 42.0 Å². The van der Waals surface area contributed by atoms with Crippen molar-refractivity contribution in [3.63, 3.8) is 0 Å². The molecular weight excluding hydrogens is 302 g/mol. The van der Waals surface area contributed by atoms with Crippen molar-refractivity contribution >= 4 is 16.7 Å². The Morgan fingerprint density at radius 3 is 2.83 bits per heavy atom. The van der Waals surface area contributed by atoms with E-state index in [0.717, 1.165) is 42.0 Å². The molecule has 128 valence electrons. The molecule has 1 saturated heterocycles. The van der Waals surface area contributed by atoms with Crippen LogP contribution in [-0.4, -0.2) is 32.8 Å². The third kappa shape index (κ3) is 4.26. The molecule has 1 atom stereocenters. The quantitative estimate of drug-likeness (QED) is 0.648. The summed E-state index contributed by atoms with van der Waals surface area (Å²) in [6, 6.07) is 11.5. The molecule has 1 fully saturated rings. The summed E-state index contributed by atoms with van der Waals surface area (Å²) in [4.78, 5) is 11.6. The zero-order chi connectivity index (χ0) is 16.8. The minimum atomic E-state index is -0.311. The summed E-state index contributed by atoms with van der Waals surface area (Å²) in [5.41, 5.74) is 0.569. The minimum Gasteiger partial charge on any atom is -0.494 e. The van der Waals surface area contributed by atoms with Crippen LogP contribution in [0, 0.1) is 5.92 Å². The highest BCUT2D eigenvalue weighted by molar-refractivity contribution is 5.95. The topological polar surface area (TPSA) is 47.6 Å². The van der Waals surface area contributed by atoms with E-state index >= 15 is 0 Å². The molecule has 1 aliphatic heterocycles. The number of carbonyl (C=O) groups is 1. The fourth-order valence-corrected chi connectivity index (χ4v) is 3.29. The number of nitrogens with one attached hydrogen (secondary N) is 1. The largest absolute Gasteiger partial charge is 0.494 e. The minimum absolute atomic E-state index is 0.311. The van der Waals surface area contributed by atoms with Crippen molar-refractivity contribution in [2.45, 2.75) is 25.7 Å². The van der Waals surface area contributed by atoms with Crippen molar-refractivity contribution in [1.82, 2.24) is 5.32 Å². The van der Waals surface area contributed by atoms with Gasteiger partial charge < -0.3 is 14.8 Å². The van der Waals surface area contributed by atoms with E-state index < -0.39 is 0 Å². The van der Waals surface area contributed by atoms with Crippen LogP contribution in [0.4, 0.5) is 0 Å². The van der Waals surface area contributed by atoms with Gasteiger partial charge in [-0.2, -0.15) is 0 Å². The molecule has 0 aromatic heterocycles. The average molecular weight is 327 g/mol. The Hall–Kier alpha value is -2.07. The van der Waals surface area contributed by atoms with E-state index in [9.17, 15) is 4.79 Å². The molecule has 2 aromatic rings. The lowest BCUT2D eigenvalue weighted by atomic mass is 9.95. The van der Waals surface area contributed by atoms with Gasteiger partial charge in [0.05, 0.1) is 19.3 Å². The van der Waals surface area contributed by atoms with Gasteiger partial charge in [-0.1, -0.05) is 12.1 Å². The maximum absolute atomic E-state index is 11.6. The van der Waals surface area contributed by atoms with Gasteiger partial charge in [-0.15, -0.1) is 0 Å². The second-order valence-electron chi connectivity index (χ2n) is 6.42. The molecule has 3 rings (SSSR count). The van der Waals surface area contributed by atoms with E-state index in [1.807, 2.05) is 30.3 Å². The normalized spacial score (nSPS) is 17.6. The Bertz CT molecular complexity index is 692. The van der Waals surface area contributed by atoms with Gasteiger partial charge in [-0.05, 0) is 79.7 Å². The zero-order valence-electron chi connectivity index (χ0n) is 14.2. The second-order valence-corrected chi connectivity index (χ2v) is 6.42. The first-order chi connectivity index (χ1) is 11.8. The van der Waals surface area contributed by atoms with Crippen molar-refractivity contribution in [2.75, 3.05) is 26.8 Å². The Morgan fingerprint density at radius 2 is 2.04 bits per heavy atom. The lowest BCUT2D eigenvalue weighted by Gasteiger charge is -2.22. The Balaban J connectivity index is 1.54. The number of rotatable bonds is 6. The number of benzene rings is 2. The van der Waals surface area contributed by atoms with Crippen LogP contribution in [0.1, 0.15) is 36.0 Å². The molecule has 0 bridgehead atoms. The van der Waals surface area contributed by atoms with E-state index in [1.165, 1.54) is 32.9 Å². The molecule has 0 radical (unpaired) electrons. The smallest absolute Gasteiger partial charge is 0.337 e. The highest BCUT2D eigenvalue weighted by Crippen LogP contribution is 2.23. The van der Waals surface area contributed by atoms with Gasteiger partial charge in [0, 0.05) is 0 Å². The van der Waals surface area contributed by atoms with Crippen LogP contribution in [0.3, 0.4) is 0 Å². The van der Waals surface area contributed by atoms with E-state index in [-0.39, 0.29) is 5.97 Å². The van der Waals surface area contributed by atoms with Crippen molar-refractivity contribution < 1.29 is 14.3 Å². The van der Waals surface area contributed by atoms with Gasteiger partial charge >= 0.3 is 5.97 Å². The number of fused-ring (bicyclic) bond motifs is 1. The fourth-order valence-electron chi connectivity index (χ4n) is 3.29. The molecule has 1 aliphatic rings. The number of piperidine rings is 1. The summed E-state index contributed by atoms with van der Waals surface area (Å²) in [5.74, 6) is 1.38. The Morgan fingerprint density at radius 1 is 1.21 bits per heavy atom. The van der Waals surface area contributed by atoms with Gasteiger partial charge in [0.2, 0.25) is 0 Å². The Labute approximate surface area is 143 Å². The van der Waals surface area contributed by atoms with Crippen LogP contribution < -0.4 is 10.1 Å². The Kier molecular flexibility index (Phi) is 5.70. The van der Waals surface area contributed by atoms with E-state index in [1.54, 1.807) is 6.07 Å². The molecular formula is C20H25NO3. The molecule has 4 heteroatoms. The highest BCUT2D eigenvalue weighted by Gasteiger charge is 2.12. The zero-order valence-corrected chi connectivity index (χ0v) is 14.2. The maximum Gasteiger partial charge on any atom is 0.337 e. The second kappa shape index (κ2) is 8.15. The van der Waals surface area contributed by atoms with E-state index in [0.29, 0.717) is 5.56 Å². The SMILES string of the molecule is COC(=O)c1ccc2cc(OCCCC3CCCNC3)ccc2c1. The van der Waals surface area contributed by atoms with Gasteiger partial charge in [0.1, 0.15) is 5.75 Å². The summed E-state index contributed by atoms with van der Waals surface area (Å²) in [5, 5.41) is 5.54. The number of carbonyl (C=O) groups excluding carboxylic acids is 1. The van der Waals surface area contributed by atoms with Crippen molar-refractivity contribution in [3.8, 4) is 5.75 Å². The van der Waals surface area contributed by atoms with Gasteiger partial charge in [0.15, 0.2) is 0 Å². The van der Waals surface area contributed by atoms with Crippen LogP contribution in [0.15, 0.2) is 36.4 Å². The van der Waals surface area contributed by atoms with Crippen LogP contribution in [0.2, 0.25) is 0 Å². The van der Waals surface area contributed by atoms with Crippen LogP contribution in [0.25, 0.3) is 10.8 Å².